The van der Waals surface area contributed by atoms with Gasteiger partial charge in [0.15, 0.2) is 0 Å². The van der Waals surface area contributed by atoms with E-state index >= 15 is 0 Å². The predicted octanol–water partition coefficient (Wildman–Crippen LogP) is 3.90. The van der Waals surface area contributed by atoms with Gasteiger partial charge in [-0.05, 0) is 31.9 Å². The van der Waals surface area contributed by atoms with Gasteiger partial charge in [0.1, 0.15) is 10.9 Å². The van der Waals surface area contributed by atoms with E-state index in [2.05, 4.69) is 13.0 Å². The van der Waals surface area contributed by atoms with Crippen LogP contribution in [0.3, 0.4) is 0 Å². The Balaban J connectivity index is 2.09. The summed E-state index contributed by atoms with van der Waals surface area (Å²) >= 11 is 6.55. The molecule has 0 saturated carbocycles. The normalized spacial score (nSPS) is 15.9. The summed E-state index contributed by atoms with van der Waals surface area (Å²) in [5, 5.41) is 1.05. The van der Waals surface area contributed by atoms with Gasteiger partial charge in [0, 0.05) is 37.3 Å². The van der Waals surface area contributed by atoms with Gasteiger partial charge in [-0.1, -0.05) is 49.1 Å². The highest BCUT2D eigenvalue weighted by atomic mass is 32.2. The van der Waals surface area contributed by atoms with Crippen LogP contribution in [0.2, 0.25) is 0 Å². The molecule has 0 radical (unpaired) electrons. The highest BCUT2D eigenvalue weighted by Crippen LogP contribution is 2.34. The van der Waals surface area contributed by atoms with Gasteiger partial charge in [0.05, 0.1) is 10.4 Å². The highest BCUT2D eigenvalue weighted by molar-refractivity contribution is 8.26. The molecule has 0 spiro atoms. The first kappa shape index (κ1) is 20.6. The summed E-state index contributed by atoms with van der Waals surface area (Å²) < 4.78 is 2.58. The fourth-order valence-corrected chi connectivity index (χ4v) is 4.67. The molecule has 7 heteroatoms. The monoisotopic (exact) mass is 415 g/mol. The van der Waals surface area contributed by atoms with Crippen molar-refractivity contribution >= 4 is 57.1 Å². The van der Waals surface area contributed by atoms with Crippen LogP contribution in [0.15, 0.2) is 29.3 Å². The zero-order chi connectivity index (χ0) is 20.4. The Bertz CT molecular complexity index is 973. The molecule has 0 aliphatic carbocycles. The number of rotatable bonds is 6. The van der Waals surface area contributed by atoms with Crippen LogP contribution in [0.5, 0.6) is 0 Å². The Morgan fingerprint density at radius 3 is 2.54 bits per heavy atom. The summed E-state index contributed by atoms with van der Waals surface area (Å²) in [6.07, 6.45) is 4.74. The molecule has 0 N–H and O–H groups in total. The molecule has 5 nitrogen and oxygen atoms in total. The summed E-state index contributed by atoms with van der Waals surface area (Å²) in [6, 6.07) is 6.17. The van der Waals surface area contributed by atoms with Crippen LogP contribution in [-0.4, -0.2) is 50.6 Å². The maximum atomic E-state index is 12.7. The minimum absolute atomic E-state index is 0.0817. The summed E-state index contributed by atoms with van der Waals surface area (Å²) in [4.78, 5) is 29.1. The van der Waals surface area contributed by atoms with Crippen molar-refractivity contribution in [1.82, 2.24) is 14.4 Å². The van der Waals surface area contributed by atoms with E-state index in [9.17, 15) is 9.59 Å². The lowest BCUT2D eigenvalue weighted by molar-refractivity contribution is -0.131. The number of para-hydroxylation sites is 1. The van der Waals surface area contributed by atoms with Gasteiger partial charge in [-0.3, -0.25) is 14.5 Å². The summed E-state index contributed by atoms with van der Waals surface area (Å²) in [5.41, 5.74) is 3.18. The van der Waals surface area contributed by atoms with Crippen molar-refractivity contribution in [1.29, 1.82) is 0 Å². The topological polar surface area (TPSA) is 45.6 Å². The van der Waals surface area contributed by atoms with E-state index in [0.717, 1.165) is 22.9 Å². The number of aromatic nitrogens is 1. The van der Waals surface area contributed by atoms with E-state index in [4.69, 9.17) is 12.2 Å². The first-order valence-electron chi connectivity index (χ1n) is 9.51. The molecule has 1 fully saturated rings. The van der Waals surface area contributed by atoms with Crippen molar-refractivity contribution in [3.8, 4) is 0 Å². The van der Waals surface area contributed by atoms with Gasteiger partial charge in [0.2, 0.25) is 5.91 Å². The maximum absolute atomic E-state index is 12.7. The van der Waals surface area contributed by atoms with Gasteiger partial charge < -0.3 is 9.47 Å². The van der Waals surface area contributed by atoms with E-state index < -0.39 is 0 Å². The Morgan fingerprint density at radius 1 is 1.25 bits per heavy atom. The number of carbonyl (C=O) groups is 2. The molecule has 148 valence electrons. The largest absolute Gasteiger partial charge is 0.342 e. The number of benzene rings is 1. The Kier molecular flexibility index (Phi) is 6.25. The number of hydrogen-bond acceptors (Lipinski definition) is 4. The fraction of sp³-hybridized carbons (Fsp3) is 0.381. The molecule has 0 atom stereocenters. The average Bonchev–Trinajstić information content (AvgIpc) is 3.15. The number of amides is 2. The Hall–Kier alpha value is -2.12. The maximum Gasteiger partial charge on any atom is 0.265 e. The quantitative estimate of drug-likeness (QED) is 0.530. The number of nitrogens with zero attached hydrogens (tertiary/aromatic N) is 3. The van der Waals surface area contributed by atoms with Crippen LogP contribution in [0, 0.1) is 0 Å². The molecular formula is C21H25N3O2S2. The van der Waals surface area contributed by atoms with Crippen LogP contribution < -0.4 is 0 Å². The van der Waals surface area contributed by atoms with Crippen LogP contribution in [0.4, 0.5) is 0 Å². The van der Waals surface area contributed by atoms with Gasteiger partial charge in [-0.25, -0.2) is 0 Å². The van der Waals surface area contributed by atoms with Crippen LogP contribution in [0.1, 0.15) is 31.9 Å². The van der Waals surface area contributed by atoms with Crippen molar-refractivity contribution in [2.24, 2.45) is 0 Å². The number of likely N-dealkylation sites (N-methyl/N-ethyl adjacent to an activating group) is 2. The first-order chi connectivity index (χ1) is 13.4. The molecule has 1 saturated heterocycles. The summed E-state index contributed by atoms with van der Waals surface area (Å²) in [6.45, 7) is 7.77. The Morgan fingerprint density at radius 2 is 1.96 bits per heavy atom. The minimum atomic E-state index is -0.0817. The van der Waals surface area contributed by atoms with E-state index in [0.29, 0.717) is 22.3 Å². The molecule has 1 aromatic heterocycles. The van der Waals surface area contributed by atoms with Gasteiger partial charge in [-0.2, -0.15) is 0 Å². The van der Waals surface area contributed by atoms with Gasteiger partial charge in [0.25, 0.3) is 5.91 Å². The second kappa shape index (κ2) is 8.49. The average molecular weight is 416 g/mol. The third-order valence-electron chi connectivity index (χ3n) is 5.09. The summed E-state index contributed by atoms with van der Waals surface area (Å²) in [5.74, 6) is 0.0148. The van der Waals surface area contributed by atoms with Gasteiger partial charge in [-0.15, -0.1) is 0 Å². The number of carbonyl (C=O) groups excluding carboxylic acids is 2. The molecule has 2 amide bonds. The third kappa shape index (κ3) is 3.73. The lowest BCUT2D eigenvalue weighted by Gasteiger charge is -2.19. The van der Waals surface area contributed by atoms with Crippen molar-refractivity contribution in [3.05, 3.63) is 40.4 Å². The van der Waals surface area contributed by atoms with E-state index in [1.807, 2.05) is 47.7 Å². The van der Waals surface area contributed by atoms with Crippen molar-refractivity contribution in [3.63, 3.8) is 0 Å². The zero-order valence-corrected chi connectivity index (χ0v) is 18.3. The number of thioether (sulfide) groups is 1. The van der Waals surface area contributed by atoms with E-state index in [1.165, 1.54) is 22.2 Å². The second-order valence-electron chi connectivity index (χ2n) is 6.69. The lowest BCUT2D eigenvalue weighted by Crippen LogP contribution is -2.33. The van der Waals surface area contributed by atoms with Crippen molar-refractivity contribution in [2.45, 2.75) is 33.7 Å². The predicted molar refractivity (Wildman–Crippen MR) is 120 cm³/mol. The van der Waals surface area contributed by atoms with E-state index in [1.54, 1.807) is 7.05 Å². The number of thiocarbonyl (C=S) groups is 1. The smallest absolute Gasteiger partial charge is 0.265 e. The molecule has 2 aromatic rings. The number of hydrogen-bond donors (Lipinski definition) is 0. The number of fused-ring (bicyclic) bond motifs is 1. The van der Waals surface area contributed by atoms with Crippen LogP contribution in [-0.2, 0) is 22.6 Å². The Labute approximate surface area is 175 Å². The molecular weight excluding hydrogens is 390 g/mol. The standard InChI is InChI=1S/C21H25N3O2S2/c1-5-14-9-8-10-16-15(11-17-20(26)22(4)21(27)28-17)12-24(19(14)16)13-18(25)23(6-2)7-3/h8-12H,5-7,13H2,1-4H3/b17-11-. The molecule has 1 aliphatic rings. The molecule has 3 rings (SSSR count). The first-order valence-corrected chi connectivity index (χ1v) is 10.7. The van der Waals surface area contributed by atoms with Crippen LogP contribution >= 0.6 is 24.0 Å². The molecule has 28 heavy (non-hydrogen) atoms. The molecule has 1 aliphatic heterocycles. The van der Waals surface area contributed by atoms with Crippen LogP contribution in [0.25, 0.3) is 17.0 Å². The third-order valence-corrected chi connectivity index (χ3v) is 6.57. The second-order valence-corrected chi connectivity index (χ2v) is 8.36. The van der Waals surface area contributed by atoms with Crippen molar-refractivity contribution < 1.29 is 9.59 Å². The fourth-order valence-electron chi connectivity index (χ4n) is 3.50. The summed E-state index contributed by atoms with van der Waals surface area (Å²) in [7, 11) is 1.69. The molecule has 2 heterocycles. The van der Waals surface area contributed by atoms with Gasteiger partial charge >= 0.3 is 0 Å². The van der Waals surface area contributed by atoms with Crippen molar-refractivity contribution in [2.75, 3.05) is 20.1 Å². The SMILES string of the molecule is CCc1cccc2c(/C=C3\SC(=S)N(C)C3=O)cn(CC(=O)N(CC)CC)c12. The lowest BCUT2D eigenvalue weighted by atomic mass is 10.1. The molecule has 0 bridgehead atoms. The molecule has 1 aromatic carbocycles. The zero-order valence-electron chi connectivity index (χ0n) is 16.7. The highest BCUT2D eigenvalue weighted by Gasteiger charge is 2.29. The number of aryl methyl sites for hydroxylation is 1. The molecule has 0 unspecified atom stereocenters. The minimum Gasteiger partial charge on any atom is -0.342 e. The van der Waals surface area contributed by atoms with E-state index in [-0.39, 0.29) is 18.4 Å².